The number of benzene rings is 8. The van der Waals surface area contributed by atoms with Gasteiger partial charge in [0.2, 0.25) is 0 Å². The smallest absolute Gasteiger partial charge is 0.160 e. The predicted octanol–water partition coefficient (Wildman–Crippen LogP) is 14.7. The van der Waals surface area contributed by atoms with E-state index in [1.165, 1.54) is 42.4 Å². The van der Waals surface area contributed by atoms with Crippen LogP contribution in [0, 0.1) is 0 Å². The first-order valence-corrected chi connectivity index (χ1v) is 19.6. The van der Waals surface area contributed by atoms with Crippen LogP contribution in [0.15, 0.2) is 199 Å². The average Bonchev–Trinajstić information content (AvgIpc) is 3.85. The zero-order chi connectivity index (χ0) is 37.0. The van der Waals surface area contributed by atoms with Crippen molar-refractivity contribution >= 4 is 53.4 Å². The lowest BCUT2D eigenvalue weighted by atomic mass is 9.90. The molecule has 0 atom stereocenters. The van der Waals surface area contributed by atoms with Crippen molar-refractivity contribution in [2.24, 2.45) is 0 Å². The minimum atomic E-state index is 0.679. The van der Waals surface area contributed by atoms with Crippen LogP contribution in [0.3, 0.4) is 0 Å². The molecule has 11 rings (SSSR count). The van der Waals surface area contributed by atoms with E-state index < -0.39 is 0 Å². The summed E-state index contributed by atoms with van der Waals surface area (Å²) in [6, 6.07) is 68.7. The Morgan fingerprint density at radius 2 is 0.911 bits per heavy atom. The van der Waals surface area contributed by atoms with Crippen LogP contribution < -0.4 is 0 Å². The Kier molecular flexibility index (Phi) is 7.68. The highest BCUT2D eigenvalue weighted by atomic mass is 32.1. The van der Waals surface area contributed by atoms with E-state index in [0.29, 0.717) is 5.82 Å². The van der Waals surface area contributed by atoms with Gasteiger partial charge >= 0.3 is 0 Å². The highest BCUT2D eigenvalue weighted by Crippen LogP contribution is 2.43. The van der Waals surface area contributed by atoms with E-state index in [9.17, 15) is 0 Å². The minimum Gasteiger partial charge on any atom is -0.456 e. The van der Waals surface area contributed by atoms with Crippen LogP contribution in [0.25, 0.3) is 109 Å². The first-order valence-electron chi connectivity index (χ1n) is 18.8. The Hall–Kier alpha value is -7.14. The Morgan fingerprint density at radius 1 is 0.339 bits per heavy atom. The van der Waals surface area contributed by atoms with Crippen LogP contribution in [-0.4, -0.2) is 9.97 Å². The summed E-state index contributed by atoms with van der Waals surface area (Å²) in [7, 11) is 0. The van der Waals surface area contributed by atoms with E-state index in [1.807, 2.05) is 41.7 Å². The second-order valence-electron chi connectivity index (χ2n) is 14.1. The predicted molar refractivity (Wildman–Crippen MR) is 235 cm³/mol. The molecule has 3 nitrogen and oxygen atoms in total. The highest BCUT2D eigenvalue weighted by Gasteiger charge is 2.18. The third-order valence-corrected chi connectivity index (χ3v) is 11.9. The van der Waals surface area contributed by atoms with Crippen LogP contribution >= 0.6 is 11.3 Å². The molecule has 0 aliphatic rings. The molecule has 0 spiro atoms. The molecule has 0 radical (unpaired) electrons. The Bertz CT molecular complexity index is 3250. The molecule has 0 saturated carbocycles. The summed E-state index contributed by atoms with van der Waals surface area (Å²) in [4.78, 5) is 10.5. The standard InChI is InChI=1S/C52H32N2OS/c1-3-14-33(15-4-1)39-18-7-8-19-40(39)36-28-37(41-22-13-23-44-43-21-10-12-25-50(43)56-51(41)44)30-38(29-36)47-32-46(53-52(54-47)34-16-5-2-6-17-34)35-26-27-49-45(31-35)42-20-9-11-24-48(42)55-49/h1-32H. The molecule has 0 aliphatic heterocycles. The third kappa shape index (κ3) is 5.58. The number of aromatic nitrogens is 2. The molecule has 0 fully saturated rings. The van der Waals surface area contributed by atoms with E-state index in [2.05, 4.69) is 164 Å². The summed E-state index contributed by atoms with van der Waals surface area (Å²) >= 11 is 1.85. The molecule has 56 heavy (non-hydrogen) atoms. The van der Waals surface area contributed by atoms with E-state index in [4.69, 9.17) is 14.4 Å². The van der Waals surface area contributed by atoms with Crippen molar-refractivity contribution in [2.45, 2.75) is 0 Å². The van der Waals surface area contributed by atoms with Gasteiger partial charge in [0, 0.05) is 47.6 Å². The fourth-order valence-electron chi connectivity index (χ4n) is 8.01. The molecule has 3 heterocycles. The van der Waals surface area contributed by atoms with Gasteiger partial charge in [0.25, 0.3) is 0 Å². The van der Waals surface area contributed by atoms with Gasteiger partial charge in [0.15, 0.2) is 5.82 Å². The fourth-order valence-corrected chi connectivity index (χ4v) is 9.25. The maximum atomic E-state index is 6.20. The minimum absolute atomic E-state index is 0.679. The topological polar surface area (TPSA) is 38.9 Å². The van der Waals surface area contributed by atoms with Gasteiger partial charge in [-0.25, -0.2) is 9.97 Å². The van der Waals surface area contributed by atoms with E-state index in [0.717, 1.165) is 61.1 Å². The average molecular weight is 733 g/mol. The molecule has 8 aromatic carbocycles. The van der Waals surface area contributed by atoms with Crippen molar-refractivity contribution in [3.63, 3.8) is 0 Å². The lowest BCUT2D eigenvalue weighted by Crippen LogP contribution is -1.97. The number of hydrogen-bond donors (Lipinski definition) is 0. The van der Waals surface area contributed by atoms with Crippen molar-refractivity contribution in [3.05, 3.63) is 194 Å². The van der Waals surface area contributed by atoms with Gasteiger partial charge in [-0.15, -0.1) is 11.3 Å². The Labute approximate surface area is 327 Å². The van der Waals surface area contributed by atoms with E-state index in [1.54, 1.807) is 0 Å². The highest BCUT2D eigenvalue weighted by molar-refractivity contribution is 7.26. The maximum Gasteiger partial charge on any atom is 0.160 e. The van der Waals surface area contributed by atoms with Crippen molar-refractivity contribution in [3.8, 4) is 67.3 Å². The third-order valence-electron chi connectivity index (χ3n) is 10.7. The summed E-state index contributed by atoms with van der Waals surface area (Å²) in [5.74, 6) is 0.679. The van der Waals surface area contributed by atoms with Crippen LogP contribution in [0.4, 0.5) is 0 Å². The van der Waals surface area contributed by atoms with Gasteiger partial charge in [0.05, 0.1) is 11.4 Å². The number of para-hydroxylation sites is 1. The Morgan fingerprint density at radius 3 is 1.71 bits per heavy atom. The normalized spacial score (nSPS) is 11.6. The molecule has 3 aromatic heterocycles. The number of thiophene rings is 1. The van der Waals surface area contributed by atoms with E-state index in [-0.39, 0.29) is 0 Å². The van der Waals surface area contributed by atoms with Gasteiger partial charge in [-0.3, -0.25) is 0 Å². The van der Waals surface area contributed by atoms with Crippen LogP contribution in [0.1, 0.15) is 0 Å². The summed E-state index contributed by atoms with van der Waals surface area (Å²) < 4.78 is 8.77. The largest absolute Gasteiger partial charge is 0.456 e. The van der Waals surface area contributed by atoms with Crippen molar-refractivity contribution in [1.29, 1.82) is 0 Å². The first-order chi connectivity index (χ1) is 27.7. The summed E-state index contributed by atoms with van der Waals surface area (Å²) in [5.41, 5.74) is 13.4. The molecule has 4 heteroatoms. The first kappa shape index (κ1) is 32.3. The molecular formula is C52H32N2OS. The van der Waals surface area contributed by atoms with Gasteiger partial charge < -0.3 is 4.42 Å². The lowest BCUT2D eigenvalue weighted by molar-refractivity contribution is 0.669. The van der Waals surface area contributed by atoms with Crippen LogP contribution in [-0.2, 0) is 0 Å². The molecule has 0 bridgehead atoms. The van der Waals surface area contributed by atoms with Crippen LogP contribution in [0.2, 0.25) is 0 Å². The lowest BCUT2D eigenvalue weighted by Gasteiger charge is -2.16. The quantitative estimate of drug-likeness (QED) is 0.171. The van der Waals surface area contributed by atoms with Gasteiger partial charge in [-0.1, -0.05) is 140 Å². The molecule has 0 amide bonds. The maximum absolute atomic E-state index is 6.20. The molecule has 262 valence electrons. The molecule has 0 saturated heterocycles. The van der Waals surface area contributed by atoms with Gasteiger partial charge in [0.1, 0.15) is 11.2 Å². The number of furan rings is 1. The van der Waals surface area contributed by atoms with Gasteiger partial charge in [-0.05, 0) is 88.0 Å². The molecule has 0 N–H and O–H groups in total. The van der Waals surface area contributed by atoms with Crippen molar-refractivity contribution < 1.29 is 4.42 Å². The van der Waals surface area contributed by atoms with Crippen molar-refractivity contribution in [1.82, 2.24) is 9.97 Å². The number of nitrogens with zero attached hydrogens (tertiary/aromatic N) is 2. The molecule has 0 unspecified atom stereocenters. The van der Waals surface area contributed by atoms with Gasteiger partial charge in [-0.2, -0.15) is 0 Å². The number of rotatable bonds is 6. The second-order valence-corrected chi connectivity index (χ2v) is 15.2. The van der Waals surface area contributed by atoms with Crippen LogP contribution in [0.5, 0.6) is 0 Å². The second kappa shape index (κ2) is 13.3. The molecule has 11 aromatic rings. The fraction of sp³-hybridized carbons (Fsp3) is 0. The summed E-state index contributed by atoms with van der Waals surface area (Å²) in [6.45, 7) is 0. The molecule has 0 aliphatic carbocycles. The Balaban J connectivity index is 1.17. The zero-order valence-corrected chi connectivity index (χ0v) is 31.0. The SMILES string of the molecule is c1ccc(-c2nc(-c3cc(-c4ccccc4-c4ccccc4)cc(-c4cccc5c4sc4ccccc45)c3)cc(-c3ccc4oc5ccccc5c4c3)n2)cc1. The van der Waals surface area contributed by atoms with Crippen molar-refractivity contribution in [2.75, 3.05) is 0 Å². The molecular weight excluding hydrogens is 701 g/mol. The summed E-state index contributed by atoms with van der Waals surface area (Å²) in [5, 5.41) is 4.72. The van der Waals surface area contributed by atoms with E-state index >= 15 is 0 Å². The zero-order valence-electron chi connectivity index (χ0n) is 30.2. The summed E-state index contributed by atoms with van der Waals surface area (Å²) in [6.07, 6.45) is 0. The number of fused-ring (bicyclic) bond motifs is 6. The monoisotopic (exact) mass is 732 g/mol. The number of hydrogen-bond acceptors (Lipinski definition) is 4.